The molecule has 0 saturated carbocycles. The summed E-state index contributed by atoms with van der Waals surface area (Å²) in [5.74, 6) is 1.21. The third kappa shape index (κ3) is 22.6. The Balaban J connectivity index is 0.992. The minimum Gasteiger partial charge on any atom is -0.487 e. The topological polar surface area (TPSA) is 288 Å². The fraction of sp³-hybridized carbons (Fsp3) is 0.531. The summed E-state index contributed by atoms with van der Waals surface area (Å²) in [6.45, 7) is 15.7. The molecule has 0 amide bonds. The van der Waals surface area contributed by atoms with E-state index in [2.05, 4.69) is 73.0 Å². The Hall–Kier alpha value is -7.58. The van der Waals surface area contributed by atoms with Crippen LogP contribution in [0.4, 0.5) is 0 Å². The van der Waals surface area contributed by atoms with Crippen molar-refractivity contribution in [3.05, 3.63) is 113 Å². The van der Waals surface area contributed by atoms with Crippen LogP contribution in [-0.4, -0.2) is 225 Å². The highest BCUT2D eigenvalue weighted by atomic mass is 16.6. The smallest absolute Gasteiger partial charge is 0.135 e. The van der Waals surface area contributed by atoms with E-state index in [4.69, 9.17) is 81.0 Å². The molecule has 28 nitrogen and oxygen atoms in total. The number of fused-ring (bicyclic) bond motifs is 8. The highest BCUT2D eigenvalue weighted by Crippen LogP contribution is 2.46. The third-order valence-corrected chi connectivity index (χ3v) is 14.2. The molecule has 2 aliphatic heterocycles. The number of benzene rings is 1. The molecule has 7 aromatic rings. The van der Waals surface area contributed by atoms with Crippen LogP contribution in [0.5, 0.6) is 17.2 Å². The largest absolute Gasteiger partial charge is 0.487 e. The van der Waals surface area contributed by atoms with Crippen molar-refractivity contribution >= 4 is 34.2 Å². The molecule has 1 aromatic carbocycles. The fourth-order valence-corrected chi connectivity index (χ4v) is 9.58. The molecule has 92 heavy (non-hydrogen) atoms. The monoisotopic (exact) mass is 1280 g/mol. The number of hydrogen-bond donors (Lipinski definition) is 2. The molecule has 0 aliphatic carbocycles. The van der Waals surface area contributed by atoms with E-state index in [1.54, 1.807) is 35.4 Å². The first-order chi connectivity index (χ1) is 45.2. The van der Waals surface area contributed by atoms with Gasteiger partial charge >= 0.3 is 0 Å². The molecule has 8 heterocycles. The summed E-state index contributed by atoms with van der Waals surface area (Å²) in [5.41, 5.74) is 9.51. The number of hydrogen-bond acceptors (Lipinski definition) is 23. The molecule has 0 spiro atoms. The Labute approximate surface area is 534 Å². The first kappa shape index (κ1) is 68.8. The zero-order valence-electron chi connectivity index (χ0n) is 53.4. The van der Waals surface area contributed by atoms with Crippen LogP contribution in [0.25, 0.3) is 45.3 Å². The second-order valence-corrected chi connectivity index (χ2v) is 21.9. The Morgan fingerprint density at radius 2 is 0.837 bits per heavy atom. The van der Waals surface area contributed by atoms with E-state index in [9.17, 15) is 0 Å². The lowest BCUT2D eigenvalue weighted by Crippen LogP contribution is -2.14. The highest BCUT2D eigenvalue weighted by molar-refractivity contribution is 5.95. The molecule has 0 fully saturated rings. The van der Waals surface area contributed by atoms with Crippen molar-refractivity contribution in [1.29, 1.82) is 0 Å². The summed E-state index contributed by atoms with van der Waals surface area (Å²) in [7, 11) is 4.92. The van der Waals surface area contributed by atoms with Crippen LogP contribution in [0.2, 0.25) is 0 Å². The molecule has 2 N–H and O–H groups in total. The molecule has 0 saturated heterocycles. The lowest BCUT2D eigenvalue weighted by molar-refractivity contribution is 0.00244. The maximum absolute atomic E-state index is 6.94. The predicted octanol–water partition coefficient (Wildman–Crippen LogP) is 6.27. The molecule has 0 unspecified atom stereocenters. The fourth-order valence-electron chi connectivity index (χ4n) is 9.58. The first-order valence-electron chi connectivity index (χ1n) is 31.0. The Morgan fingerprint density at radius 3 is 1.30 bits per heavy atom. The average Bonchev–Trinajstić information content (AvgIpc) is 1.42. The highest BCUT2D eigenvalue weighted by Gasteiger charge is 2.29. The van der Waals surface area contributed by atoms with Gasteiger partial charge in [-0.15, -0.1) is 15.3 Å². The summed E-state index contributed by atoms with van der Waals surface area (Å²) in [6, 6.07) is 18.1. The van der Waals surface area contributed by atoms with Crippen molar-refractivity contribution in [2.24, 2.45) is 0 Å². The Bertz CT molecular complexity index is 3400. The van der Waals surface area contributed by atoms with Gasteiger partial charge in [0.25, 0.3) is 0 Å². The molecule has 28 heteroatoms. The van der Waals surface area contributed by atoms with Crippen LogP contribution in [-0.2, 0) is 108 Å². The number of H-pyrrole nitrogens is 2. The maximum atomic E-state index is 6.94. The normalized spacial score (nSPS) is 12.8. The second kappa shape index (κ2) is 37.8. The molecule has 498 valence electrons. The van der Waals surface area contributed by atoms with E-state index in [1.807, 2.05) is 67.1 Å². The van der Waals surface area contributed by atoms with E-state index < -0.39 is 0 Å². The van der Waals surface area contributed by atoms with Gasteiger partial charge in [0.1, 0.15) is 54.2 Å². The van der Waals surface area contributed by atoms with E-state index in [0.29, 0.717) is 210 Å². The molecule has 0 atom stereocenters. The van der Waals surface area contributed by atoms with Gasteiger partial charge in [0.15, 0.2) is 0 Å². The maximum Gasteiger partial charge on any atom is 0.135 e. The summed E-state index contributed by atoms with van der Waals surface area (Å²) >= 11 is 0. The predicted molar refractivity (Wildman–Crippen MR) is 338 cm³/mol. The van der Waals surface area contributed by atoms with Crippen LogP contribution in [0, 0.1) is 0 Å². The van der Waals surface area contributed by atoms with Gasteiger partial charge in [-0.05, 0) is 54.6 Å². The van der Waals surface area contributed by atoms with Crippen molar-refractivity contribution in [2.45, 2.75) is 65.1 Å². The summed E-state index contributed by atoms with van der Waals surface area (Å²) < 4.78 is 91.5. The average molecular weight is 1280 g/mol. The second-order valence-electron chi connectivity index (χ2n) is 21.9. The molecular weight excluding hydrogens is 1190 g/mol. The number of ether oxygens (including phenoxy) is 15. The molecule has 6 aromatic heterocycles. The van der Waals surface area contributed by atoms with E-state index >= 15 is 0 Å². The Kier molecular flexibility index (Phi) is 28.3. The molecule has 8 bridgehead atoms. The third-order valence-electron chi connectivity index (χ3n) is 14.2. The van der Waals surface area contributed by atoms with Crippen LogP contribution < -0.4 is 14.2 Å². The van der Waals surface area contributed by atoms with E-state index in [0.717, 1.165) is 45.6 Å². The molecule has 9 rings (SSSR count). The van der Waals surface area contributed by atoms with Crippen molar-refractivity contribution < 1.29 is 71.1 Å². The van der Waals surface area contributed by atoms with Crippen LogP contribution in [0.3, 0.4) is 0 Å². The van der Waals surface area contributed by atoms with Gasteiger partial charge in [-0.1, -0.05) is 29.5 Å². The quantitative estimate of drug-likeness (QED) is 0.0397. The molecular formula is C64H87N13O15. The number of methoxy groups -OCH3 is 3. The number of nitrogens with zero attached hydrogens (tertiary/aromatic N) is 11. The Morgan fingerprint density at radius 1 is 0.424 bits per heavy atom. The van der Waals surface area contributed by atoms with Gasteiger partial charge in [-0.3, -0.25) is 4.98 Å². The number of aromatic amines is 2. The number of nitrogens with one attached hydrogen (secondary N) is 2. The van der Waals surface area contributed by atoms with Gasteiger partial charge in [0, 0.05) is 84.3 Å². The molecule has 2 aliphatic rings. The van der Waals surface area contributed by atoms with Gasteiger partial charge in [0.2, 0.25) is 0 Å². The zero-order valence-corrected chi connectivity index (χ0v) is 53.4. The van der Waals surface area contributed by atoms with Gasteiger partial charge < -0.3 is 81.0 Å². The minimum absolute atomic E-state index is 0.0137. The van der Waals surface area contributed by atoms with Crippen molar-refractivity contribution in [1.82, 2.24) is 64.9 Å². The van der Waals surface area contributed by atoms with Gasteiger partial charge in [-0.25, -0.2) is 19.0 Å². The molecule has 0 radical (unpaired) electrons. The number of rotatable bonds is 46. The zero-order chi connectivity index (χ0) is 63.8. The summed E-state index contributed by atoms with van der Waals surface area (Å²) in [4.78, 5) is 17.7. The van der Waals surface area contributed by atoms with Crippen molar-refractivity contribution in [2.75, 3.05) is 160 Å². The van der Waals surface area contributed by atoms with Crippen LogP contribution in [0.1, 0.15) is 53.7 Å². The lowest BCUT2D eigenvalue weighted by Gasteiger charge is -2.19. The standard InChI is InChI=1S/C64H87N13O15/c1-64(2)41-52-37-50-9-11-58(67-50)62(57-10-8-49(66-57)36-48-6-7-51(65-48)38-61(64)68-52)63-59(91-46-54-43-76(73-70-54)13-16-82-25-28-88-34-31-85-22-19-79-4)39-56(90-45-53-42-75(72-69-53)12-15-81-24-27-87-33-30-84-21-18-78-3)40-60(63)92-47-55-44-77(74-71-55)14-17-83-26-29-89-35-32-86-23-20-80-5/h6-11,36-40,42-44,65,67H,12-35,41,45-47H2,1-5H3. The first-order valence-corrected chi connectivity index (χ1v) is 31.0. The summed E-state index contributed by atoms with van der Waals surface area (Å²) in [6.07, 6.45) is 10.2. The van der Waals surface area contributed by atoms with Gasteiger partial charge in [-0.2, -0.15) is 0 Å². The lowest BCUT2D eigenvalue weighted by atomic mass is 9.87. The van der Waals surface area contributed by atoms with Crippen molar-refractivity contribution in [3.8, 4) is 28.4 Å². The van der Waals surface area contributed by atoms with E-state index in [-0.39, 0.29) is 25.2 Å². The van der Waals surface area contributed by atoms with Crippen LogP contribution >= 0.6 is 0 Å². The van der Waals surface area contributed by atoms with E-state index in [1.165, 1.54) is 0 Å². The summed E-state index contributed by atoms with van der Waals surface area (Å²) in [5, 5.41) is 26.6. The number of aromatic nitrogens is 13. The SMILES string of the molecule is COCCOCCOCCOCCn1cc(COc2cc(OCc3cn(CCOCCOCCOCCOC)nn3)c(-c3c4nc(cc5ccc(cc6nc(cc7ccc3[nH]7)CC6(C)C)[nH]5)C=C4)c(OCc3cn(CCOCCOCCOCCOC)nn3)c2)nn1. The van der Waals surface area contributed by atoms with Crippen LogP contribution in [0.15, 0.2) is 73.2 Å². The van der Waals surface area contributed by atoms with Gasteiger partial charge in [0.05, 0.1) is 194 Å². The minimum atomic E-state index is -0.196. The van der Waals surface area contributed by atoms with Crippen molar-refractivity contribution in [3.63, 3.8) is 0 Å².